The van der Waals surface area contributed by atoms with E-state index in [0.717, 1.165) is 16.6 Å². The van der Waals surface area contributed by atoms with E-state index in [-0.39, 0.29) is 6.42 Å². The van der Waals surface area contributed by atoms with Crippen molar-refractivity contribution in [1.82, 2.24) is 9.97 Å². The highest BCUT2D eigenvalue weighted by Gasteiger charge is 2.07. The summed E-state index contributed by atoms with van der Waals surface area (Å²) in [5.41, 5.74) is 2.12. The number of hydrogen-bond acceptors (Lipinski definition) is 3. The molecule has 0 radical (unpaired) electrons. The van der Waals surface area contributed by atoms with E-state index < -0.39 is 5.97 Å². The van der Waals surface area contributed by atoms with Crippen LogP contribution in [0.2, 0.25) is 0 Å². The van der Waals surface area contributed by atoms with Gasteiger partial charge in [0.05, 0.1) is 6.42 Å². The van der Waals surface area contributed by atoms with Gasteiger partial charge in [0, 0.05) is 17.3 Å². The maximum atomic E-state index is 10.6. The molecule has 0 unspecified atom stereocenters. The number of hydrogen-bond donors (Lipinski definition) is 1. The highest BCUT2D eigenvalue weighted by molar-refractivity contribution is 5.78. The van der Waals surface area contributed by atoms with Crippen molar-refractivity contribution < 1.29 is 9.90 Å². The van der Waals surface area contributed by atoms with Crippen LogP contribution < -0.4 is 0 Å². The third-order valence-electron chi connectivity index (χ3n) is 2.23. The van der Waals surface area contributed by atoms with Crippen LogP contribution in [-0.2, 0) is 11.2 Å². The fourth-order valence-corrected chi connectivity index (χ4v) is 1.48. The molecule has 2 heterocycles. The molecular formula is C11H10N2O2. The van der Waals surface area contributed by atoms with Gasteiger partial charge in [-0.3, -0.25) is 4.79 Å². The predicted octanol–water partition coefficient (Wildman–Crippen LogP) is 1.57. The molecule has 76 valence electrons. The molecule has 1 N–H and O–H groups in total. The van der Waals surface area contributed by atoms with E-state index in [2.05, 4.69) is 9.97 Å². The summed E-state index contributed by atoms with van der Waals surface area (Å²) in [5, 5.41) is 9.59. The van der Waals surface area contributed by atoms with Crippen LogP contribution in [0, 0.1) is 6.92 Å². The molecule has 0 saturated carbocycles. The summed E-state index contributed by atoms with van der Waals surface area (Å²) in [6.45, 7) is 1.80. The average molecular weight is 202 g/mol. The van der Waals surface area contributed by atoms with Crippen LogP contribution in [-0.4, -0.2) is 21.0 Å². The fraction of sp³-hybridized carbons (Fsp3) is 0.182. The Balaban J connectivity index is 2.56. The summed E-state index contributed by atoms with van der Waals surface area (Å²) >= 11 is 0. The van der Waals surface area contributed by atoms with Crippen molar-refractivity contribution in [2.24, 2.45) is 0 Å². The Morgan fingerprint density at radius 3 is 3.07 bits per heavy atom. The van der Waals surface area contributed by atoms with Gasteiger partial charge in [-0.2, -0.15) is 0 Å². The Morgan fingerprint density at radius 1 is 1.53 bits per heavy atom. The molecule has 0 atom stereocenters. The van der Waals surface area contributed by atoms with Crippen molar-refractivity contribution >= 4 is 17.0 Å². The second-order valence-electron chi connectivity index (χ2n) is 3.35. The van der Waals surface area contributed by atoms with Gasteiger partial charge in [-0.05, 0) is 30.7 Å². The predicted molar refractivity (Wildman–Crippen MR) is 55.6 cm³/mol. The quantitative estimate of drug-likeness (QED) is 0.802. The lowest BCUT2D eigenvalue weighted by molar-refractivity contribution is -0.136. The number of carboxylic acids is 1. The first kappa shape index (κ1) is 9.58. The third-order valence-corrected chi connectivity index (χ3v) is 2.23. The van der Waals surface area contributed by atoms with Gasteiger partial charge < -0.3 is 5.11 Å². The Morgan fingerprint density at radius 2 is 2.33 bits per heavy atom. The van der Waals surface area contributed by atoms with Crippen molar-refractivity contribution in [2.45, 2.75) is 13.3 Å². The summed E-state index contributed by atoms with van der Waals surface area (Å²) in [6.07, 6.45) is 1.68. The van der Waals surface area contributed by atoms with Gasteiger partial charge in [-0.1, -0.05) is 0 Å². The minimum atomic E-state index is -0.844. The van der Waals surface area contributed by atoms with E-state index in [1.165, 1.54) is 0 Å². The monoisotopic (exact) mass is 202 g/mol. The van der Waals surface area contributed by atoms with Gasteiger partial charge in [-0.15, -0.1) is 0 Å². The summed E-state index contributed by atoms with van der Waals surface area (Å²) in [7, 11) is 0. The van der Waals surface area contributed by atoms with Crippen LogP contribution in [0.1, 0.15) is 11.3 Å². The second-order valence-corrected chi connectivity index (χ2v) is 3.35. The molecule has 0 aliphatic rings. The molecule has 0 saturated heterocycles. The van der Waals surface area contributed by atoms with Crippen molar-refractivity contribution in [3.63, 3.8) is 0 Å². The van der Waals surface area contributed by atoms with E-state index in [0.29, 0.717) is 5.65 Å². The van der Waals surface area contributed by atoms with Crippen LogP contribution in [0.5, 0.6) is 0 Å². The van der Waals surface area contributed by atoms with Crippen molar-refractivity contribution in [3.8, 4) is 0 Å². The van der Waals surface area contributed by atoms with Gasteiger partial charge in [0.15, 0.2) is 5.65 Å². The van der Waals surface area contributed by atoms with Crippen LogP contribution in [0.25, 0.3) is 11.0 Å². The van der Waals surface area contributed by atoms with Crippen molar-refractivity contribution in [2.75, 3.05) is 0 Å². The van der Waals surface area contributed by atoms with Gasteiger partial charge in [0.25, 0.3) is 0 Å². The summed E-state index contributed by atoms with van der Waals surface area (Å²) in [4.78, 5) is 19.0. The number of aryl methyl sites for hydroxylation is 1. The molecule has 0 fully saturated rings. The number of nitrogens with zero attached hydrogens (tertiary/aromatic N) is 2. The topological polar surface area (TPSA) is 63.1 Å². The van der Waals surface area contributed by atoms with Gasteiger partial charge in [0.2, 0.25) is 0 Å². The van der Waals surface area contributed by atoms with Crippen molar-refractivity contribution in [1.29, 1.82) is 0 Å². The van der Waals surface area contributed by atoms with Gasteiger partial charge >= 0.3 is 5.97 Å². The minimum absolute atomic E-state index is 0.00364. The molecular weight excluding hydrogens is 192 g/mol. The summed E-state index contributed by atoms with van der Waals surface area (Å²) in [6, 6.07) is 5.52. The molecule has 4 nitrogen and oxygen atoms in total. The Bertz CT molecular complexity index is 523. The van der Waals surface area contributed by atoms with E-state index >= 15 is 0 Å². The maximum absolute atomic E-state index is 10.6. The summed E-state index contributed by atoms with van der Waals surface area (Å²) < 4.78 is 0. The number of aromatic nitrogens is 2. The number of carboxylic acid groups (broad SMARTS) is 1. The summed E-state index contributed by atoms with van der Waals surface area (Å²) in [5.74, 6) is -0.844. The van der Waals surface area contributed by atoms with E-state index in [9.17, 15) is 4.79 Å². The van der Waals surface area contributed by atoms with Gasteiger partial charge in [0.1, 0.15) is 0 Å². The Labute approximate surface area is 86.6 Å². The van der Waals surface area contributed by atoms with Crippen LogP contribution >= 0.6 is 0 Å². The number of fused-ring (bicyclic) bond motifs is 1. The first-order chi connectivity index (χ1) is 7.16. The largest absolute Gasteiger partial charge is 0.481 e. The molecule has 0 aromatic carbocycles. The van der Waals surface area contributed by atoms with Crippen molar-refractivity contribution in [3.05, 3.63) is 35.7 Å². The zero-order valence-electron chi connectivity index (χ0n) is 8.27. The smallest absolute Gasteiger partial charge is 0.307 e. The standard InChI is InChI=1S/C11H10N2O2/c1-7-9(6-10(14)15)5-8-3-2-4-12-11(8)13-7/h2-5H,6H2,1H3,(H,14,15). The van der Waals surface area contributed by atoms with E-state index in [1.807, 2.05) is 18.2 Å². The van der Waals surface area contributed by atoms with Gasteiger partial charge in [-0.25, -0.2) is 9.97 Å². The molecule has 0 bridgehead atoms. The first-order valence-corrected chi connectivity index (χ1v) is 4.60. The lowest BCUT2D eigenvalue weighted by Gasteiger charge is -2.03. The van der Waals surface area contributed by atoms with Crippen LogP contribution in [0.4, 0.5) is 0 Å². The van der Waals surface area contributed by atoms with E-state index in [4.69, 9.17) is 5.11 Å². The normalized spacial score (nSPS) is 10.5. The zero-order valence-corrected chi connectivity index (χ0v) is 8.27. The zero-order chi connectivity index (χ0) is 10.8. The molecule has 0 amide bonds. The second kappa shape index (κ2) is 3.65. The van der Waals surface area contributed by atoms with E-state index in [1.54, 1.807) is 13.1 Å². The molecule has 0 spiro atoms. The molecule has 15 heavy (non-hydrogen) atoms. The molecule has 2 aromatic heterocycles. The Hall–Kier alpha value is -1.97. The third kappa shape index (κ3) is 1.93. The molecule has 2 rings (SSSR count). The molecule has 0 aliphatic heterocycles. The lowest BCUT2D eigenvalue weighted by Crippen LogP contribution is -2.03. The SMILES string of the molecule is Cc1nc2ncccc2cc1CC(=O)O. The highest BCUT2D eigenvalue weighted by Crippen LogP contribution is 2.14. The molecule has 0 aliphatic carbocycles. The number of pyridine rings is 2. The van der Waals surface area contributed by atoms with Crippen LogP contribution in [0.15, 0.2) is 24.4 Å². The molecule has 4 heteroatoms. The lowest BCUT2D eigenvalue weighted by atomic mass is 10.1. The number of aliphatic carboxylic acids is 1. The Kier molecular flexibility index (Phi) is 2.33. The minimum Gasteiger partial charge on any atom is -0.481 e. The number of rotatable bonds is 2. The maximum Gasteiger partial charge on any atom is 0.307 e. The number of carbonyl (C=O) groups is 1. The first-order valence-electron chi connectivity index (χ1n) is 4.60. The average Bonchev–Trinajstić information content (AvgIpc) is 2.18. The fourth-order valence-electron chi connectivity index (χ4n) is 1.48. The van der Waals surface area contributed by atoms with Crippen LogP contribution in [0.3, 0.4) is 0 Å². The highest BCUT2D eigenvalue weighted by atomic mass is 16.4. The molecule has 2 aromatic rings.